The molecule has 0 aromatic heterocycles. The molecular formula is C10H9ClF. The van der Waals surface area contributed by atoms with Crippen LogP contribution in [0.5, 0.6) is 0 Å². The van der Waals surface area contributed by atoms with Gasteiger partial charge in [-0.3, -0.25) is 0 Å². The summed E-state index contributed by atoms with van der Waals surface area (Å²) in [6.07, 6.45) is 1.61. The van der Waals surface area contributed by atoms with E-state index >= 15 is 0 Å². The molecule has 0 saturated heterocycles. The van der Waals surface area contributed by atoms with Crippen LogP contribution in [0.1, 0.15) is 12.5 Å². The first-order valence-corrected chi connectivity index (χ1v) is 3.95. The highest BCUT2D eigenvalue weighted by Crippen LogP contribution is 2.24. The van der Waals surface area contributed by atoms with Crippen LogP contribution in [0, 0.1) is 11.7 Å². The summed E-state index contributed by atoms with van der Waals surface area (Å²) < 4.78 is 13.2. The van der Waals surface area contributed by atoms with E-state index in [1.165, 1.54) is 6.07 Å². The zero-order valence-corrected chi connectivity index (χ0v) is 7.53. The average molecular weight is 184 g/mol. The molecular weight excluding hydrogens is 175 g/mol. The molecule has 12 heavy (non-hydrogen) atoms. The van der Waals surface area contributed by atoms with Crippen LogP contribution in [0.3, 0.4) is 0 Å². The van der Waals surface area contributed by atoms with Gasteiger partial charge < -0.3 is 0 Å². The van der Waals surface area contributed by atoms with Crippen molar-refractivity contribution in [3.8, 4) is 0 Å². The molecule has 0 aliphatic carbocycles. The second-order valence-electron chi connectivity index (χ2n) is 2.49. The van der Waals surface area contributed by atoms with Crippen LogP contribution in [0.4, 0.5) is 4.39 Å². The van der Waals surface area contributed by atoms with Gasteiger partial charge in [-0.05, 0) is 6.07 Å². The van der Waals surface area contributed by atoms with Crippen LogP contribution in [0.25, 0.3) is 0 Å². The van der Waals surface area contributed by atoms with Gasteiger partial charge in [0.2, 0.25) is 0 Å². The number of hydrogen-bond acceptors (Lipinski definition) is 0. The minimum absolute atomic E-state index is 0.147. The first kappa shape index (κ1) is 9.27. The molecule has 0 bridgehead atoms. The van der Waals surface area contributed by atoms with Crippen LogP contribution in [-0.4, -0.2) is 0 Å². The van der Waals surface area contributed by atoms with E-state index in [0.29, 0.717) is 5.56 Å². The minimum Gasteiger partial charge on any atom is -0.205 e. The Labute approximate surface area is 76.7 Å². The lowest BCUT2D eigenvalue weighted by Crippen LogP contribution is -1.94. The van der Waals surface area contributed by atoms with Crippen molar-refractivity contribution in [2.24, 2.45) is 0 Å². The third-order valence-electron chi connectivity index (χ3n) is 1.68. The Morgan fingerprint density at radius 1 is 1.58 bits per heavy atom. The van der Waals surface area contributed by atoms with Gasteiger partial charge in [0.1, 0.15) is 5.82 Å². The van der Waals surface area contributed by atoms with E-state index in [0.717, 1.165) is 5.92 Å². The Morgan fingerprint density at radius 2 is 2.25 bits per heavy atom. The van der Waals surface area contributed by atoms with E-state index in [1.54, 1.807) is 25.1 Å². The highest BCUT2D eigenvalue weighted by Gasteiger charge is 2.10. The third-order valence-corrected chi connectivity index (χ3v) is 1.97. The van der Waals surface area contributed by atoms with Gasteiger partial charge in [-0.25, -0.2) is 4.39 Å². The molecule has 1 aromatic rings. The molecule has 0 spiro atoms. The standard InChI is InChI=1S/C10H9ClF/c1-3-7(2)8-5-4-6-9(11)10(8)12/h3-6H,1H2,2H3. The van der Waals surface area contributed by atoms with Crippen molar-refractivity contribution in [3.05, 3.63) is 53.2 Å². The van der Waals surface area contributed by atoms with Gasteiger partial charge in [0, 0.05) is 11.5 Å². The minimum atomic E-state index is -0.378. The van der Waals surface area contributed by atoms with Crippen LogP contribution in [0.2, 0.25) is 5.02 Å². The third kappa shape index (κ3) is 1.67. The largest absolute Gasteiger partial charge is 0.205 e. The van der Waals surface area contributed by atoms with Crippen molar-refractivity contribution < 1.29 is 4.39 Å². The SMILES string of the molecule is C=C[C](C)c1cccc(Cl)c1F. The smallest absolute Gasteiger partial charge is 0.145 e. The molecule has 0 aliphatic heterocycles. The number of hydrogen-bond donors (Lipinski definition) is 0. The fourth-order valence-electron chi connectivity index (χ4n) is 0.918. The molecule has 63 valence electrons. The van der Waals surface area contributed by atoms with Crippen LogP contribution in [-0.2, 0) is 0 Å². The lowest BCUT2D eigenvalue weighted by atomic mass is 10.0. The van der Waals surface area contributed by atoms with E-state index in [-0.39, 0.29) is 10.8 Å². The summed E-state index contributed by atoms with van der Waals surface area (Å²) in [4.78, 5) is 0. The number of halogens is 2. The quantitative estimate of drug-likeness (QED) is 0.657. The lowest BCUT2D eigenvalue weighted by molar-refractivity contribution is 0.618. The van der Waals surface area contributed by atoms with Gasteiger partial charge in [-0.2, -0.15) is 0 Å². The van der Waals surface area contributed by atoms with E-state index in [9.17, 15) is 4.39 Å². The molecule has 1 aromatic carbocycles. The summed E-state index contributed by atoms with van der Waals surface area (Å²) in [5.74, 6) is 0.409. The van der Waals surface area contributed by atoms with E-state index < -0.39 is 0 Å². The number of allylic oxidation sites excluding steroid dienone is 1. The Kier molecular flexibility index (Phi) is 2.88. The zero-order valence-electron chi connectivity index (χ0n) is 6.77. The molecule has 0 amide bonds. The maximum Gasteiger partial charge on any atom is 0.145 e. The average Bonchev–Trinajstić information content (AvgIpc) is 2.08. The highest BCUT2D eigenvalue weighted by atomic mass is 35.5. The summed E-state index contributed by atoms with van der Waals surface area (Å²) in [5.41, 5.74) is 0.512. The molecule has 0 fully saturated rings. The summed E-state index contributed by atoms with van der Waals surface area (Å²) in [5, 5.41) is 0.147. The van der Waals surface area contributed by atoms with Crippen LogP contribution >= 0.6 is 11.6 Å². The molecule has 1 rings (SSSR count). The predicted molar refractivity (Wildman–Crippen MR) is 49.6 cm³/mol. The fraction of sp³-hybridized carbons (Fsp3) is 0.100. The maximum absolute atomic E-state index is 13.2. The Hall–Kier alpha value is -0.820. The topological polar surface area (TPSA) is 0 Å². The molecule has 0 heterocycles. The highest BCUT2D eigenvalue weighted by molar-refractivity contribution is 6.30. The van der Waals surface area contributed by atoms with Crippen molar-refractivity contribution in [2.45, 2.75) is 6.92 Å². The molecule has 1 radical (unpaired) electrons. The van der Waals surface area contributed by atoms with Crippen molar-refractivity contribution in [3.63, 3.8) is 0 Å². The van der Waals surface area contributed by atoms with Crippen LogP contribution in [0.15, 0.2) is 30.9 Å². The van der Waals surface area contributed by atoms with E-state index in [2.05, 4.69) is 6.58 Å². The number of benzene rings is 1. The lowest BCUT2D eigenvalue weighted by Gasteiger charge is -2.07. The first-order valence-electron chi connectivity index (χ1n) is 3.57. The van der Waals surface area contributed by atoms with Gasteiger partial charge in [-0.1, -0.05) is 36.7 Å². The normalized spacial score (nSPS) is 10.3. The maximum atomic E-state index is 13.2. The molecule has 0 nitrogen and oxygen atoms in total. The van der Waals surface area contributed by atoms with Gasteiger partial charge in [0.25, 0.3) is 0 Å². The Balaban J connectivity index is 3.15. The molecule has 0 N–H and O–H groups in total. The predicted octanol–water partition coefficient (Wildman–Crippen LogP) is 3.61. The first-order chi connectivity index (χ1) is 5.66. The zero-order chi connectivity index (χ0) is 9.14. The van der Waals surface area contributed by atoms with Gasteiger partial charge in [0.05, 0.1) is 5.02 Å². The van der Waals surface area contributed by atoms with Crippen molar-refractivity contribution in [2.75, 3.05) is 0 Å². The van der Waals surface area contributed by atoms with Crippen molar-refractivity contribution >= 4 is 11.6 Å². The monoisotopic (exact) mass is 183 g/mol. The van der Waals surface area contributed by atoms with Crippen LogP contribution < -0.4 is 0 Å². The molecule has 0 unspecified atom stereocenters. The summed E-state index contributed by atoms with van der Waals surface area (Å²) in [6.45, 7) is 5.35. The molecule has 0 atom stereocenters. The molecule has 0 aliphatic rings. The van der Waals surface area contributed by atoms with Crippen molar-refractivity contribution in [1.82, 2.24) is 0 Å². The fourth-order valence-corrected chi connectivity index (χ4v) is 1.09. The second-order valence-corrected chi connectivity index (χ2v) is 2.90. The van der Waals surface area contributed by atoms with Gasteiger partial charge in [-0.15, -0.1) is 6.58 Å². The van der Waals surface area contributed by atoms with E-state index in [1.807, 2.05) is 0 Å². The van der Waals surface area contributed by atoms with Gasteiger partial charge >= 0.3 is 0 Å². The molecule has 0 saturated carbocycles. The van der Waals surface area contributed by atoms with Gasteiger partial charge in [0.15, 0.2) is 0 Å². The molecule has 2 heteroatoms. The summed E-state index contributed by atoms with van der Waals surface area (Å²) >= 11 is 5.59. The summed E-state index contributed by atoms with van der Waals surface area (Å²) in [7, 11) is 0. The summed E-state index contributed by atoms with van der Waals surface area (Å²) in [6, 6.07) is 4.92. The number of rotatable bonds is 2. The van der Waals surface area contributed by atoms with E-state index in [4.69, 9.17) is 11.6 Å². The Morgan fingerprint density at radius 3 is 2.83 bits per heavy atom. The second kappa shape index (κ2) is 3.72. The van der Waals surface area contributed by atoms with Crippen molar-refractivity contribution in [1.29, 1.82) is 0 Å². The Bertz CT molecular complexity index is 294.